The lowest BCUT2D eigenvalue weighted by molar-refractivity contribution is -0.142. The molecule has 94 heavy (non-hydrogen) atoms. The Bertz CT molecular complexity index is 3310. The number of primary amides is 1. The van der Waals surface area contributed by atoms with Crippen molar-refractivity contribution in [2.75, 3.05) is 31.1 Å². The van der Waals surface area contributed by atoms with E-state index < -0.39 is 144 Å². The minimum Gasteiger partial charge on any atom is -0.481 e. The number of nitrogens with zero attached hydrogens (tertiary/aromatic N) is 3. The quantitative estimate of drug-likeness (QED) is 0.0146. The van der Waals surface area contributed by atoms with E-state index in [1.54, 1.807) is 74.6 Å². The average molecular weight is 1340 g/mol. The van der Waals surface area contributed by atoms with Crippen LogP contribution in [0.3, 0.4) is 0 Å². The molecule has 0 saturated carbocycles. The number of unbranched alkanes of at least 4 members (excludes halogenated alkanes) is 1. The molecule has 2 aromatic carbocycles. The third-order valence-electron chi connectivity index (χ3n) is 15.7. The molecule has 2 aliphatic heterocycles. The highest BCUT2D eigenvalue weighted by Crippen LogP contribution is 2.26. The number of nitrogens with one attached hydrogen (secondary N) is 11. The standard InChI is InChI=1S/C61H86N18O13S2/c1-33(2)50(51(63)83)78-59(91)48-19-12-24-79(48)60(92)42(17-9-10-22-62)73-58(90)47-31-94-93-30-46(70-34(3)80)57(89)72-41(20-21-49(81)82)53(85)76-45(27-37-29-66-32-69-37)56(88)74-43(25-35-13-5-4-6-14-35)54(86)71-40(18-11-23-67-61(64)65)52(84)75-44(55(87)77-47)26-36-28-68-39-16-8-7-15-38(36)39/h4-8,13-16,28-29,32-33,40-48,50,68H,9-12,17-27,30-31,62H2,1-3H3,(H2,63,83)(H,66,69)(H,70,80)(H,71,86)(H,72,89)(H,73,90)(H,74,88)(H,75,84)(H,76,85)(H,77,87)(H,78,91)(H,81,82)(H4,64,65,67)/t40-,41-,42-,43+,44-,45-,46-,47-,48-,50-/m0/s1. The Labute approximate surface area is 550 Å². The zero-order valence-electron chi connectivity index (χ0n) is 52.6. The minimum atomic E-state index is -1.64. The van der Waals surface area contributed by atoms with Gasteiger partial charge in [-0.05, 0) is 81.0 Å². The summed E-state index contributed by atoms with van der Waals surface area (Å²) < 4.78 is 0. The molecule has 2 fully saturated rings. The van der Waals surface area contributed by atoms with Gasteiger partial charge in [-0.25, -0.2) is 4.98 Å². The molecule has 31 nitrogen and oxygen atoms in total. The van der Waals surface area contributed by atoms with Gasteiger partial charge in [-0.15, -0.1) is 0 Å². The molecule has 11 amide bonds. The van der Waals surface area contributed by atoms with Crippen molar-refractivity contribution in [3.63, 3.8) is 0 Å². The summed E-state index contributed by atoms with van der Waals surface area (Å²) in [6, 6.07) is 1.60. The summed E-state index contributed by atoms with van der Waals surface area (Å²) in [6.07, 6.45) is 3.91. The highest BCUT2D eigenvalue weighted by molar-refractivity contribution is 8.76. The summed E-state index contributed by atoms with van der Waals surface area (Å²) in [7, 11) is 1.90. The highest BCUT2D eigenvalue weighted by Gasteiger charge is 2.41. The molecule has 2 aromatic heterocycles. The SMILES string of the molecule is CC(=O)N[C@H]1CSSC[C@@H](C(=O)N[C@@H](CCCCN)C(=O)N2CCC[C@H]2C(=O)N[C@H](C(N)=O)C(C)C)NC(=O)[C@H](Cc2c[nH]c3ccccc23)NC(=O)[C@H](CCCN=C(N)N)NC(=O)[C@@H](Cc2ccccc2)NC(=O)[C@H](Cc2cnc[nH]2)NC(=O)[C@H](CCC(=O)O)NC1=O. The van der Waals surface area contributed by atoms with E-state index in [-0.39, 0.29) is 88.0 Å². The maximum absolute atomic E-state index is 15.3. The van der Waals surface area contributed by atoms with Gasteiger partial charge in [0.15, 0.2) is 5.96 Å². The molecule has 20 N–H and O–H groups in total. The van der Waals surface area contributed by atoms with Crippen LogP contribution in [-0.4, -0.2) is 193 Å². The lowest BCUT2D eigenvalue weighted by Gasteiger charge is -2.31. The third-order valence-corrected chi connectivity index (χ3v) is 18.1. The van der Waals surface area contributed by atoms with Crippen LogP contribution in [0.1, 0.15) is 95.4 Å². The first-order valence-electron chi connectivity index (χ1n) is 31.0. The number of aliphatic carboxylic acids is 1. The Hall–Kier alpha value is -9.24. The predicted molar refractivity (Wildman–Crippen MR) is 351 cm³/mol. The predicted octanol–water partition coefficient (Wildman–Crippen LogP) is -2.12. The topological polar surface area (TPSA) is 497 Å². The Morgan fingerprint density at radius 2 is 1.33 bits per heavy atom. The van der Waals surface area contributed by atoms with Gasteiger partial charge in [0.1, 0.15) is 60.4 Å². The monoisotopic (exact) mass is 1340 g/mol. The Kier molecular flexibility index (Phi) is 28.9. The Morgan fingerprint density at radius 3 is 1.97 bits per heavy atom. The van der Waals surface area contributed by atoms with Gasteiger partial charge in [0.2, 0.25) is 65.0 Å². The number of aromatic amines is 2. The van der Waals surface area contributed by atoms with E-state index in [1.807, 2.05) is 0 Å². The molecule has 2 saturated heterocycles. The van der Waals surface area contributed by atoms with Crippen molar-refractivity contribution in [1.29, 1.82) is 0 Å². The van der Waals surface area contributed by atoms with Crippen molar-refractivity contribution >= 4 is 109 Å². The number of H-pyrrole nitrogens is 2. The number of guanidine groups is 1. The lowest BCUT2D eigenvalue weighted by Crippen LogP contribution is -2.61. The minimum absolute atomic E-state index is 0.0123. The Morgan fingerprint density at radius 1 is 0.713 bits per heavy atom. The zero-order valence-corrected chi connectivity index (χ0v) is 54.2. The van der Waals surface area contributed by atoms with Crippen LogP contribution in [0.4, 0.5) is 0 Å². The number of imidazole rings is 1. The molecular weight excluding hydrogens is 1260 g/mol. The second-order valence-electron chi connectivity index (χ2n) is 23.3. The lowest BCUT2D eigenvalue weighted by atomic mass is 10.0. The molecule has 0 unspecified atom stereocenters. The van der Waals surface area contributed by atoms with Crippen molar-refractivity contribution in [2.45, 2.75) is 158 Å². The van der Waals surface area contributed by atoms with Gasteiger partial charge >= 0.3 is 5.97 Å². The van der Waals surface area contributed by atoms with E-state index in [1.165, 1.54) is 17.4 Å². The first-order chi connectivity index (χ1) is 44.9. The van der Waals surface area contributed by atoms with E-state index >= 15 is 14.4 Å². The number of para-hydroxylation sites is 1. The van der Waals surface area contributed by atoms with Gasteiger partial charge in [-0.2, -0.15) is 0 Å². The summed E-state index contributed by atoms with van der Waals surface area (Å²) in [5.74, 6) is -11.8. The third kappa shape index (κ3) is 22.8. The molecular formula is C61H86N18O13S2. The number of fused-ring (bicyclic) bond motifs is 1. The van der Waals surface area contributed by atoms with Gasteiger partial charge in [0.25, 0.3) is 0 Å². The van der Waals surface area contributed by atoms with E-state index in [9.17, 15) is 48.3 Å². The van der Waals surface area contributed by atoms with Crippen LogP contribution in [0.15, 0.2) is 78.3 Å². The zero-order chi connectivity index (χ0) is 68.4. The van der Waals surface area contributed by atoms with Crippen LogP contribution in [0.25, 0.3) is 10.9 Å². The second-order valence-corrected chi connectivity index (χ2v) is 25.8. The van der Waals surface area contributed by atoms with Crippen LogP contribution in [0.5, 0.6) is 0 Å². The number of hydrogen-bond acceptors (Lipinski definition) is 17. The maximum atomic E-state index is 15.3. The fraction of sp³-hybridized carbons (Fsp3) is 0.508. The largest absolute Gasteiger partial charge is 0.481 e. The smallest absolute Gasteiger partial charge is 0.303 e. The van der Waals surface area contributed by atoms with E-state index in [2.05, 4.69) is 67.8 Å². The molecule has 2 aliphatic rings. The number of amides is 11. The van der Waals surface area contributed by atoms with Gasteiger partial charge in [0.05, 0.1) is 6.33 Å². The molecule has 4 heterocycles. The van der Waals surface area contributed by atoms with Crippen molar-refractivity contribution in [3.05, 3.63) is 90.1 Å². The molecule has 6 rings (SSSR count). The first-order valence-corrected chi connectivity index (χ1v) is 33.5. The number of nitrogens with two attached hydrogens (primary N) is 4. The molecule has 510 valence electrons. The Balaban J connectivity index is 1.45. The van der Waals surface area contributed by atoms with E-state index in [4.69, 9.17) is 22.9 Å². The van der Waals surface area contributed by atoms with Gasteiger partial charge in [0, 0.05) is 86.2 Å². The van der Waals surface area contributed by atoms with Gasteiger partial charge in [-0.3, -0.25) is 62.5 Å². The van der Waals surface area contributed by atoms with Crippen LogP contribution in [-0.2, 0) is 76.8 Å². The normalized spacial score (nSPS) is 22.0. The number of likely N-dealkylation sites (tertiary alicyclic amines) is 1. The van der Waals surface area contributed by atoms with Crippen molar-refractivity contribution < 1.29 is 62.6 Å². The number of aliphatic imine (C=N–C) groups is 1. The molecule has 4 aromatic rings. The fourth-order valence-electron chi connectivity index (χ4n) is 10.7. The van der Waals surface area contributed by atoms with Crippen LogP contribution >= 0.6 is 21.6 Å². The van der Waals surface area contributed by atoms with Crippen LogP contribution in [0, 0.1) is 5.92 Å². The van der Waals surface area contributed by atoms with Gasteiger partial charge < -0.3 is 90.8 Å². The second kappa shape index (κ2) is 36.9. The molecule has 10 atom stereocenters. The van der Waals surface area contributed by atoms with Crippen molar-refractivity contribution in [3.8, 4) is 0 Å². The van der Waals surface area contributed by atoms with Crippen LogP contribution < -0.4 is 70.8 Å². The average Bonchev–Trinajstić information content (AvgIpc) is 1.64. The molecule has 0 radical (unpaired) electrons. The summed E-state index contributed by atoms with van der Waals surface area (Å²) >= 11 is 0. The number of carboxylic acids is 1. The highest BCUT2D eigenvalue weighted by atomic mass is 33.1. The fourth-order valence-corrected chi connectivity index (χ4v) is 13.1. The number of carbonyl (C=O) groups excluding carboxylic acids is 11. The maximum Gasteiger partial charge on any atom is 0.303 e. The van der Waals surface area contributed by atoms with Crippen LogP contribution in [0.2, 0.25) is 0 Å². The molecule has 33 heteroatoms. The van der Waals surface area contributed by atoms with Crippen molar-refractivity contribution in [1.82, 2.24) is 67.7 Å². The number of carbonyl (C=O) groups is 12. The number of rotatable bonds is 25. The van der Waals surface area contributed by atoms with Gasteiger partial charge in [-0.1, -0.05) is 84.0 Å². The summed E-state index contributed by atoms with van der Waals surface area (Å²) in [4.78, 5) is 185. The number of benzene rings is 2. The number of aromatic nitrogens is 3. The first kappa shape index (κ1) is 73.8. The summed E-state index contributed by atoms with van der Waals surface area (Å²) in [5, 5.41) is 34.7. The molecule has 0 bridgehead atoms. The van der Waals surface area contributed by atoms with E-state index in [0.29, 0.717) is 47.0 Å². The molecule has 0 aliphatic carbocycles. The van der Waals surface area contributed by atoms with Crippen molar-refractivity contribution in [2.24, 2.45) is 33.8 Å². The number of hydrogen-bond donors (Lipinski definition) is 16. The number of carboxylic acid groups (broad SMARTS) is 1. The summed E-state index contributed by atoms with van der Waals surface area (Å²) in [6.45, 7) is 4.87. The van der Waals surface area contributed by atoms with E-state index in [0.717, 1.165) is 28.5 Å². The molecule has 0 spiro atoms. The summed E-state index contributed by atoms with van der Waals surface area (Å²) in [5.41, 5.74) is 24.9.